The number of fused-ring (bicyclic) bond motifs is 1. The van der Waals surface area contributed by atoms with E-state index in [9.17, 15) is 9.59 Å². The molecule has 2 aromatic carbocycles. The van der Waals surface area contributed by atoms with E-state index in [2.05, 4.69) is 5.32 Å². The Labute approximate surface area is 191 Å². The average molecular weight is 447 g/mol. The predicted molar refractivity (Wildman–Crippen MR) is 131 cm³/mol. The highest BCUT2D eigenvalue weighted by Crippen LogP contribution is 2.29. The third kappa shape index (κ3) is 4.48. The van der Waals surface area contributed by atoms with Crippen LogP contribution in [0.4, 0.5) is 5.69 Å². The molecule has 6 nitrogen and oxygen atoms in total. The molecule has 32 heavy (non-hydrogen) atoms. The maximum absolute atomic E-state index is 13.4. The quantitative estimate of drug-likeness (QED) is 0.325. The van der Waals surface area contributed by atoms with Gasteiger partial charge < -0.3 is 9.88 Å². The lowest BCUT2D eigenvalue weighted by Gasteiger charge is -2.12. The van der Waals surface area contributed by atoms with Crippen LogP contribution in [0.5, 0.6) is 0 Å². The lowest BCUT2D eigenvalue weighted by molar-refractivity contribution is -0.113. The van der Waals surface area contributed by atoms with E-state index in [1.54, 1.807) is 4.57 Å². The van der Waals surface area contributed by atoms with Crippen molar-refractivity contribution in [1.29, 1.82) is 0 Å². The van der Waals surface area contributed by atoms with Gasteiger partial charge in [0.1, 0.15) is 11.0 Å². The molecule has 0 atom stereocenters. The van der Waals surface area contributed by atoms with E-state index >= 15 is 0 Å². The van der Waals surface area contributed by atoms with Crippen LogP contribution in [0.3, 0.4) is 0 Å². The number of aromatic nitrogens is 3. The van der Waals surface area contributed by atoms with Crippen molar-refractivity contribution in [3.8, 4) is 11.1 Å². The van der Waals surface area contributed by atoms with Gasteiger partial charge in [-0.3, -0.25) is 14.2 Å². The Morgan fingerprint density at radius 1 is 1.09 bits per heavy atom. The van der Waals surface area contributed by atoms with Gasteiger partial charge >= 0.3 is 0 Å². The molecule has 0 aliphatic heterocycles. The Hall–Kier alpha value is -3.32. The first kappa shape index (κ1) is 21.9. The molecule has 2 heterocycles. The summed E-state index contributed by atoms with van der Waals surface area (Å²) in [5, 5.41) is 3.47. The number of aryl methyl sites for hydroxylation is 2. The Morgan fingerprint density at radius 2 is 1.81 bits per heavy atom. The summed E-state index contributed by atoms with van der Waals surface area (Å²) in [6, 6.07) is 17.6. The van der Waals surface area contributed by atoms with Gasteiger partial charge in [0.05, 0.1) is 5.75 Å². The minimum Gasteiger partial charge on any atom is -0.344 e. The van der Waals surface area contributed by atoms with Crippen LogP contribution < -0.4 is 10.9 Å². The molecule has 1 amide bonds. The predicted octanol–water partition coefficient (Wildman–Crippen LogP) is 4.85. The summed E-state index contributed by atoms with van der Waals surface area (Å²) in [4.78, 5) is 30.8. The summed E-state index contributed by atoms with van der Waals surface area (Å²) in [7, 11) is 1.87. The molecular weight excluding hydrogens is 420 g/mol. The van der Waals surface area contributed by atoms with Crippen LogP contribution in [0.15, 0.2) is 70.7 Å². The lowest BCUT2D eigenvalue weighted by Crippen LogP contribution is -2.25. The normalized spacial score (nSPS) is 11.1. The molecule has 0 saturated heterocycles. The maximum atomic E-state index is 13.4. The fraction of sp³-hybridized carbons (Fsp3) is 0.240. The Morgan fingerprint density at radius 3 is 2.50 bits per heavy atom. The van der Waals surface area contributed by atoms with Crippen molar-refractivity contribution in [1.82, 2.24) is 14.1 Å². The van der Waals surface area contributed by atoms with Gasteiger partial charge in [0, 0.05) is 31.0 Å². The average Bonchev–Trinajstić information content (AvgIpc) is 3.13. The fourth-order valence-electron chi connectivity index (χ4n) is 3.67. The molecule has 0 aliphatic carbocycles. The van der Waals surface area contributed by atoms with Crippen LogP contribution in [-0.2, 0) is 18.4 Å². The zero-order chi connectivity index (χ0) is 22.7. The second kappa shape index (κ2) is 9.44. The summed E-state index contributed by atoms with van der Waals surface area (Å²) >= 11 is 1.29. The number of rotatable bonds is 7. The molecule has 0 radical (unpaired) electrons. The third-order valence-corrected chi connectivity index (χ3v) is 6.22. The number of hydrogen-bond acceptors (Lipinski definition) is 4. The van der Waals surface area contributed by atoms with Gasteiger partial charge in [-0.2, -0.15) is 0 Å². The lowest BCUT2D eigenvalue weighted by atomic mass is 10.1. The van der Waals surface area contributed by atoms with E-state index < -0.39 is 0 Å². The number of benzene rings is 2. The van der Waals surface area contributed by atoms with E-state index in [1.807, 2.05) is 86.3 Å². The molecule has 0 bridgehead atoms. The van der Waals surface area contributed by atoms with Crippen LogP contribution in [-0.4, -0.2) is 25.8 Å². The second-order valence-electron chi connectivity index (χ2n) is 7.77. The molecule has 4 aromatic rings. The summed E-state index contributed by atoms with van der Waals surface area (Å²) < 4.78 is 3.53. The van der Waals surface area contributed by atoms with Crippen LogP contribution in [0.25, 0.3) is 22.2 Å². The smallest absolute Gasteiger partial charge is 0.278 e. The maximum Gasteiger partial charge on any atom is 0.278 e. The van der Waals surface area contributed by atoms with Crippen molar-refractivity contribution in [2.24, 2.45) is 7.05 Å². The number of carbonyl (C=O) groups is 1. The Bertz CT molecular complexity index is 1310. The molecular formula is C25H26N4O2S. The van der Waals surface area contributed by atoms with E-state index in [1.165, 1.54) is 11.8 Å². The highest BCUT2D eigenvalue weighted by atomic mass is 32.2. The standard InChI is InChI=1S/C25H26N4O2S/c1-4-14-29-24(31)23-22(20(15-28(23)3)18-8-6-5-7-9-18)27-25(29)32-16-21(30)26-19-12-10-17(2)11-13-19/h5-13,15H,4,14,16H2,1-3H3,(H,26,30). The first-order valence-electron chi connectivity index (χ1n) is 10.6. The van der Waals surface area contributed by atoms with Crippen LogP contribution in [0, 0.1) is 6.92 Å². The van der Waals surface area contributed by atoms with Crippen LogP contribution in [0.1, 0.15) is 18.9 Å². The van der Waals surface area contributed by atoms with Gasteiger partial charge in [-0.15, -0.1) is 0 Å². The minimum absolute atomic E-state index is 0.0806. The largest absolute Gasteiger partial charge is 0.344 e. The van der Waals surface area contributed by atoms with Gasteiger partial charge in [-0.25, -0.2) is 4.98 Å². The molecule has 2 aromatic heterocycles. The molecule has 4 rings (SSSR count). The molecule has 0 aliphatic rings. The molecule has 0 saturated carbocycles. The third-order valence-electron chi connectivity index (χ3n) is 5.24. The van der Waals surface area contributed by atoms with E-state index in [4.69, 9.17) is 4.98 Å². The summed E-state index contributed by atoms with van der Waals surface area (Å²) in [5.41, 5.74) is 4.97. The van der Waals surface area contributed by atoms with E-state index in [0.29, 0.717) is 22.7 Å². The van der Waals surface area contributed by atoms with Crippen molar-refractivity contribution >= 4 is 34.4 Å². The van der Waals surface area contributed by atoms with Crippen molar-refractivity contribution < 1.29 is 4.79 Å². The zero-order valence-electron chi connectivity index (χ0n) is 18.5. The zero-order valence-corrected chi connectivity index (χ0v) is 19.3. The molecule has 164 valence electrons. The topological polar surface area (TPSA) is 68.9 Å². The van der Waals surface area contributed by atoms with Gasteiger partial charge in [-0.05, 0) is 31.0 Å². The Balaban J connectivity index is 1.68. The first-order valence-corrected chi connectivity index (χ1v) is 11.6. The summed E-state index contributed by atoms with van der Waals surface area (Å²) in [6.07, 6.45) is 2.75. The van der Waals surface area contributed by atoms with E-state index in [0.717, 1.165) is 28.8 Å². The fourth-order valence-corrected chi connectivity index (χ4v) is 4.49. The summed E-state index contributed by atoms with van der Waals surface area (Å²) in [6.45, 7) is 4.58. The number of thioether (sulfide) groups is 1. The van der Waals surface area contributed by atoms with E-state index in [-0.39, 0.29) is 17.2 Å². The molecule has 1 N–H and O–H groups in total. The van der Waals surface area contributed by atoms with Gasteiger partial charge in [-0.1, -0.05) is 66.7 Å². The second-order valence-corrected chi connectivity index (χ2v) is 8.71. The van der Waals surface area contributed by atoms with Crippen molar-refractivity contribution in [3.05, 3.63) is 76.7 Å². The highest BCUT2D eigenvalue weighted by molar-refractivity contribution is 7.99. The molecule has 0 spiro atoms. The number of hydrogen-bond donors (Lipinski definition) is 1. The number of carbonyl (C=O) groups excluding carboxylic acids is 1. The number of amides is 1. The first-order chi connectivity index (χ1) is 15.5. The number of nitrogens with zero attached hydrogens (tertiary/aromatic N) is 3. The molecule has 7 heteroatoms. The number of nitrogens with one attached hydrogen (secondary N) is 1. The van der Waals surface area contributed by atoms with Gasteiger partial charge in [0.15, 0.2) is 5.16 Å². The number of anilines is 1. The Kier molecular flexibility index (Phi) is 6.46. The highest BCUT2D eigenvalue weighted by Gasteiger charge is 2.19. The summed E-state index contributed by atoms with van der Waals surface area (Å²) in [5.74, 6) is 0.0378. The van der Waals surface area contributed by atoms with Crippen LogP contribution >= 0.6 is 11.8 Å². The molecule has 0 unspecified atom stereocenters. The van der Waals surface area contributed by atoms with Crippen molar-refractivity contribution in [3.63, 3.8) is 0 Å². The minimum atomic E-state index is -0.132. The van der Waals surface area contributed by atoms with Crippen molar-refractivity contribution in [2.45, 2.75) is 32.0 Å². The van der Waals surface area contributed by atoms with Gasteiger partial charge in [0.25, 0.3) is 5.56 Å². The van der Waals surface area contributed by atoms with Crippen LogP contribution in [0.2, 0.25) is 0 Å². The monoisotopic (exact) mass is 446 g/mol. The van der Waals surface area contributed by atoms with Gasteiger partial charge in [0.2, 0.25) is 5.91 Å². The van der Waals surface area contributed by atoms with Crippen molar-refractivity contribution in [2.75, 3.05) is 11.1 Å². The SMILES string of the molecule is CCCn1c(SCC(=O)Nc2ccc(C)cc2)nc2c(-c3ccccc3)cn(C)c2c1=O. The molecule has 0 fully saturated rings.